The molecule has 0 N–H and O–H groups in total. The minimum absolute atomic E-state index is 0.317. The molecule has 4 atom stereocenters. The van der Waals surface area contributed by atoms with Gasteiger partial charge in [0.1, 0.15) is 24.4 Å². The minimum atomic E-state index is -4.11. The van der Waals surface area contributed by atoms with Crippen LogP contribution in [0.4, 0.5) is 0 Å². The van der Waals surface area contributed by atoms with Gasteiger partial charge in [0.2, 0.25) is 0 Å². The van der Waals surface area contributed by atoms with E-state index in [9.17, 15) is 8.42 Å². The molecule has 1 unspecified atom stereocenters. The molecule has 0 aliphatic carbocycles. The molecule has 0 amide bonds. The van der Waals surface area contributed by atoms with Crippen molar-refractivity contribution in [2.45, 2.75) is 51.5 Å². The van der Waals surface area contributed by atoms with Crippen LogP contribution < -0.4 is 0 Å². The van der Waals surface area contributed by atoms with E-state index >= 15 is 0 Å². The van der Waals surface area contributed by atoms with Crippen LogP contribution in [0.5, 0.6) is 0 Å². The van der Waals surface area contributed by atoms with Crippen LogP contribution in [0.1, 0.15) is 25.0 Å². The van der Waals surface area contributed by atoms with Crippen LogP contribution in [-0.4, -0.2) is 32.8 Å². The normalized spacial score (nSPS) is 27.8. The Morgan fingerprint density at radius 1 is 0.741 bits per heavy atom. The van der Waals surface area contributed by atoms with Gasteiger partial charge in [-0.2, -0.15) is 8.42 Å². The molecule has 0 saturated carbocycles. The molecule has 1 heterocycles. The minimum Gasteiger partial charge on any atom is -0.368 e. The fraction of sp³-hybridized carbons (Fsp3) is 0.400. The van der Waals surface area contributed by atoms with Gasteiger partial charge >= 0.3 is 10.4 Å². The van der Waals surface area contributed by atoms with Crippen molar-refractivity contribution in [2.75, 3.05) is 0 Å². The Balaban J connectivity index is 1.77. The Hall–Kier alpha value is -1.77. The lowest BCUT2D eigenvalue weighted by molar-refractivity contribution is -0.135. The van der Waals surface area contributed by atoms with Gasteiger partial charge in [-0.25, -0.2) is 8.37 Å². The highest BCUT2D eigenvalue weighted by Gasteiger charge is 2.42. The average Bonchev–Trinajstić information content (AvgIpc) is 2.72. The predicted molar refractivity (Wildman–Crippen MR) is 100 cm³/mol. The van der Waals surface area contributed by atoms with Crippen LogP contribution in [0.15, 0.2) is 60.7 Å². The predicted octanol–water partition coefficient (Wildman–Crippen LogP) is 3.23. The summed E-state index contributed by atoms with van der Waals surface area (Å²) in [5, 5.41) is 0. The van der Waals surface area contributed by atoms with E-state index in [1.165, 1.54) is 0 Å². The Bertz CT molecular complexity index is 745. The molecule has 2 aromatic carbocycles. The standard InChI is InChI=1S/C20H24O6S/c1-15-19(23-13-17-9-5-3-6-10-17)20(16(2)26-27(21,22)25-15)24-14-18-11-7-4-8-12-18/h3-12,15-16,19-20H,13-14H2,1-2H3/t15-,16-,19-,20?/m1/s1. The maximum atomic E-state index is 12.0. The molecule has 0 aromatic heterocycles. The van der Waals surface area contributed by atoms with Gasteiger partial charge in [-0.05, 0) is 25.0 Å². The van der Waals surface area contributed by atoms with Gasteiger partial charge < -0.3 is 9.47 Å². The van der Waals surface area contributed by atoms with Crippen LogP contribution in [0.3, 0.4) is 0 Å². The van der Waals surface area contributed by atoms with E-state index < -0.39 is 34.8 Å². The molecule has 0 spiro atoms. The molecule has 1 aliphatic heterocycles. The summed E-state index contributed by atoms with van der Waals surface area (Å²) in [5.41, 5.74) is 1.96. The highest BCUT2D eigenvalue weighted by Crippen LogP contribution is 2.26. The van der Waals surface area contributed by atoms with Gasteiger partial charge in [0.05, 0.1) is 13.2 Å². The van der Waals surface area contributed by atoms with Crippen LogP contribution >= 0.6 is 0 Å². The number of rotatable bonds is 6. The van der Waals surface area contributed by atoms with Gasteiger partial charge in [0.25, 0.3) is 0 Å². The van der Waals surface area contributed by atoms with Crippen molar-refractivity contribution >= 4 is 10.4 Å². The lowest BCUT2D eigenvalue weighted by Gasteiger charge is -2.30. The highest BCUT2D eigenvalue weighted by molar-refractivity contribution is 7.81. The number of hydrogen-bond acceptors (Lipinski definition) is 6. The molecule has 6 nitrogen and oxygen atoms in total. The van der Waals surface area contributed by atoms with Gasteiger partial charge in [0.15, 0.2) is 0 Å². The first-order chi connectivity index (χ1) is 12.9. The summed E-state index contributed by atoms with van der Waals surface area (Å²) in [5.74, 6) is 0. The zero-order chi connectivity index (χ0) is 19.3. The zero-order valence-electron chi connectivity index (χ0n) is 15.4. The summed E-state index contributed by atoms with van der Waals surface area (Å²) in [4.78, 5) is 0. The van der Waals surface area contributed by atoms with Crippen molar-refractivity contribution in [1.82, 2.24) is 0 Å². The molecule has 2 aromatic rings. The highest BCUT2D eigenvalue weighted by atomic mass is 32.3. The fourth-order valence-electron chi connectivity index (χ4n) is 3.03. The Labute approximate surface area is 160 Å². The number of benzene rings is 2. The summed E-state index contributed by atoms with van der Waals surface area (Å²) >= 11 is 0. The summed E-state index contributed by atoms with van der Waals surface area (Å²) < 4.78 is 46.2. The van der Waals surface area contributed by atoms with Crippen molar-refractivity contribution in [3.8, 4) is 0 Å². The lowest BCUT2D eigenvalue weighted by Crippen LogP contribution is -2.44. The van der Waals surface area contributed by atoms with Crippen molar-refractivity contribution in [1.29, 1.82) is 0 Å². The topological polar surface area (TPSA) is 71.1 Å². The molecule has 0 bridgehead atoms. The monoisotopic (exact) mass is 392 g/mol. The SMILES string of the molecule is C[C@H]1OS(=O)(=O)O[C@H](C)[C@@H](OCc2ccccc2)C1OCc1ccccc1. The van der Waals surface area contributed by atoms with Crippen LogP contribution in [0.25, 0.3) is 0 Å². The van der Waals surface area contributed by atoms with Gasteiger partial charge in [0, 0.05) is 0 Å². The van der Waals surface area contributed by atoms with Crippen LogP contribution in [0, 0.1) is 0 Å². The van der Waals surface area contributed by atoms with Gasteiger partial charge in [-0.15, -0.1) is 0 Å². The molecule has 1 saturated heterocycles. The second-order valence-electron chi connectivity index (χ2n) is 6.53. The molecule has 0 radical (unpaired) electrons. The van der Waals surface area contributed by atoms with E-state index in [0.717, 1.165) is 11.1 Å². The third-order valence-electron chi connectivity index (χ3n) is 4.36. The molecule has 3 rings (SSSR count). The zero-order valence-corrected chi connectivity index (χ0v) is 16.2. The molecule has 27 heavy (non-hydrogen) atoms. The van der Waals surface area contributed by atoms with Crippen molar-refractivity contribution in [3.05, 3.63) is 71.8 Å². The largest absolute Gasteiger partial charge is 0.400 e. The van der Waals surface area contributed by atoms with E-state index in [4.69, 9.17) is 17.8 Å². The van der Waals surface area contributed by atoms with Crippen LogP contribution in [-0.2, 0) is 41.5 Å². The fourth-order valence-corrected chi connectivity index (χ4v) is 4.04. The van der Waals surface area contributed by atoms with Crippen molar-refractivity contribution in [2.24, 2.45) is 0 Å². The van der Waals surface area contributed by atoms with Gasteiger partial charge in [-0.1, -0.05) is 60.7 Å². The van der Waals surface area contributed by atoms with Crippen LogP contribution in [0.2, 0.25) is 0 Å². The Morgan fingerprint density at radius 3 is 1.48 bits per heavy atom. The molecule has 146 valence electrons. The molecular formula is C20H24O6S. The second kappa shape index (κ2) is 8.95. The molecule has 1 aliphatic rings. The van der Waals surface area contributed by atoms with Crippen molar-refractivity contribution < 1.29 is 26.3 Å². The molecule has 1 fully saturated rings. The van der Waals surface area contributed by atoms with E-state index in [0.29, 0.717) is 13.2 Å². The smallest absolute Gasteiger partial charge is 0.368 e. The summed E-state index contributed by atoms with van der Waals surface area (Å²) in [7, 11) is -4.11. The maximum absolute atomic E-state index is 12.0. The molecule has 7 heteroatoms. The summed E-state index contributed by atoms with van der Waals surface area (Å²) in [6.07, 6.45) is -2.71. The first kappa shape index (κ1) is 20.0. The average molecular weight is 392 g/mol. The lowest BCUT2D eigenvalue weighted by atomic mass is 10.0. The summed E-state index contributed by atoms with van der Waals surface area (Å²) in [6, 6.07) is 19.3. The van der Waals surface area contributed by atoms with E-state index in [-0.39, 0.29) is 0 Å². The third-order valence-corrected chi connectivity index (χ3v) is 5.44. The molecular weight excluding hydrogens is 368 g/mol. The van der Waals surface area contributed by atoms with E-state index in [1.54, 1.807) is 13.8 Å². The van der Waals surface area contributed by atoms with Crippen molar-refractivity contribution in [3.63, 3.8) is 0 Å². The van der Waals surface area contributed by atoms with E-state index in [1.807, 2.05) is 60.7 Å². The Kier molecular flexibility index (Phi) is 6.62. The first-order valence-electron chi connectivity index (χ1n) is 8.87. The summed E-state index contributed by atoms with van der Waals surface area (Å²) in [6.45, 7) is 3.93. The number of ether oxygens (including phenoxy) is 2. The van der Waals surface area contributed by atoms with E-state index in [2.05, 4.69) is 0 Å². The first-order valence-corrected chi connectivity index (χ1v) is 10.2. The van der Waals surface area contributed by atoms with Gasteiger partial charge in [-0.3, -0.25) is 0 Å². The number of hydrogen-bond donors (Lipinski definition) is 0. The second-order valence-corrected chi connectivity index (χ2v) is 7.73. The quantitative estimate of drug-likeness (QED) is 0.752. The Morgan fingerprint density at radius 2 is 1.11 bits per heavy atom. The third kappa shape index (κ3) is 5.60. The maximum Gasteiger partial charge on any atom is 0.400 e.